The maximum Gasteiger partial charge on any atom is 0.418 e. The number of fused-ring (bicyclic) bond motifs is 1. The Hall–Kier alpha value is -2.43. The monoisotopic (exact) mass is 508 g/mol. The van der Waals surface area contributed by atoms with E-state index in [0.29, 0.717) is 45.0 Å². The molecule has 35 heavy (non-hydrogen) atoms. The molecule has 0 radical (unpaired) electrons. The number of rotatable bonds is 8. The number of anilines is 1. The second-order valence-corrected chi connectivity index (χ2v) is 15.9. The molecule has 1 aliphatic rings. The Kier molecular flexibility index (Phi) is 7.53. The zero-order valence-corrected chi connectivity index (χ0v) is 21.4. The number of benzene rings is 1. The highest BCUT2D eigenvalue weighted by Crippen LogP contribution is 2.40. The van der Waals surface area contributed by atoms with Gasteiger partial charge in [0, 0.05) is 59.8 Å². The molecular weight excluding hydrogens is 476 g/mol. The Morgan fingerprint density at radius 1 is 1.00 bits per heavy atom. The van der Waals surface area contributed by atoms with Crippen LogP contribution < -0.4 is 4.90 Å². The molecule has 4 rings (SSSR count). The van der Waals surface area contributed by atoms with Gasteiger partial charge in [-0.2, -0.15) is 13.2 Å². The number of halogens is 4. The SMILES string of the molecule is C[Si](C)(C)CCOCn1cc(C(F)(F)F)c2c(N3CCN(Cc4ccc(F)cc4)CC3)ccnc21. The van der Waals surface area contributed by atoms with E-state index >= 15 is 0 Å². The average Bonchev–Trinajstić information content (AvgIpc) is 3.18. The van der Waals surface area contributed by atoms with E-state index < -0.39 is 19.8 Å². The van der Waals surface area contributed by atoms with Gasteiger partial charge in [0.15, 0.2) is 0 Å². The summed E-state index contributed by atoms with van der Waals surface area (Å²) in [5.41, 5.74) is 1.16. The molecule has 0 aliphatic carbocycles. The fourth-order valence-corrected chi connectivity index (χ4v) is 5.07. The van der Waals surface area contributed by atoms with Crippen LogP contribution in [0.25, 0.3) is 11.0 Å². The lowest BCUT2D eigenvalue weighted by Gasteiger charge is -2.36. The van der Waals surface area contributed by atoms with E-state index in [1.807, 2.05) is 4.90 Å². The van der Waals surface area contributed by atoms with Crippen molar-refractivity contribution >= 4 is 24.8 Å². The van der Waals surface area contributed by atoms with Crippen LogP contribution >= 0.6 is 0 Å². The zero-order valence-electron chi connectivity index (χ0n) is 20.4. The number of aromatic nitrogens is 2. The summed E-state index contributed by atoms with van der Waals surface area (Å²) in [4.78, 5) is 8.52. The molecule has 0 saturated carbocycles. The van der Waals surface area contributed by atoms with E-state index in [4.69, 9.17) is 4.74 Å². The molecule has 5 nitrogen and oxygen atoms in total. The van der Waals surface area contributed by atoms with Gasteiger partial charge in [-0.15, -0.1) is 0 Å². The lowest BCUT2D eigenvalue weighted by atomic mass is 10.1. The molecule has 0 bridgehead atoms. The molecule has 2 aromatic heterocycles. The normalized spacial score (nSPS) is 15.8. The van der Waals surface area contributed by atoms with Crippen molar-refractivity contribution in [2.75, 3.05) is 37.7 Å². The Labute approximate surface area is 204 Å². The Morgan fingerprint density at radius 2 is 1.69 bits per heavy atom. The van der Waals surface area contributed by atoms with Crippen molar-refractivity contribution < 1.29 is 22.3 Å². The van der Waals surface area contributed by atoms with Gasteiger partial charge in [-0.3, -0.25) is 4.90 Å². The maximum absolute atomic E-state index is 14.0. The summed E-state index contributed by atoms with van der Waals surface area (Å²) in [5, 5.41) is 0.126. The Morgan fingerprint density at radius 3 is 2.31 bits per heavy atom. The van der Waals surface area contributed by atoms with E-state index in [1.165, 1.54) is 16.7 Å². The summed E-state index contributed by atoms with van der Waals surface area (Å²) < 4.78 is 62.5. The number of pyridine rings is 1. The molecule has 190 valence electrons. The van der Waals surface area contributed by atoms with E-state index in [2.05, 4.69) is 29.5 Å². The van der Waals surface area contributed by atoms with E-state index in [0.717, 1.165) is 17.8 Å². The molecule has 0 unspecified atom stereocenters. The topological polar surface area (TPSA) is 33.5 Å². The number of alkyl halides is 3. The smallest absolute Gasteiger partial charge is 0.368 e. The van der Waals surface area contributed by atoms with Crippen LogP contribution in [0.5, 0.6) is 0 Å². The zero-order chi connectivity index (χ0) is 25.2. The standard InChI is InChI=1S/C25H32F4N4OSi/c1-35(2,3)15-14-34-18-33-17-21(25(27,28)29)23-22(8-9-30-24(23)33)32-12-10-31(11-13-32)16-19-4-6-20(26)7-5-19/h4-9,17H,10-16,18H2,1-3H3. The first-order valence-electron chi connectivity index (χ1n) is 11.9. The molecule has 3 heterocycles. The summed E-state index contributed by atoms with van der Waals surface area (Å²) in [7, 11) is -1.30. The van der Waals surface area contributed by atoms with Crippen molar-refractivity contribution in [3.05, 3.63) is 59.7 Å². The fraction of sp³-hybridized carbons (Fsp3) is 0.480. The van der Waals surface area contributed by atoms with Gasteiger partial charge in [0.1, 0.15) is 18.2 Å². The third-order valence-electron chi connectivity index (χ3n) is 6.30. The molecule has 0 N–H and O–H groups in total. The summed E-state index contributed by atoms with van der Waals surface area (Å²) in [6, 6.07) is 9.02. The molecule has 0 spiro atoms. The number of hydrogen-bond donors (Lipinski definition) is 0. The van der Waals surface area contributed by atoms with Crippen LogP contribution in [-0.2, 0) is 24.2 Å². The summed E-state index contributed by atoms with van der Waals surface area (Å²) >= 11 is 0. The molecule has 1 fully saturated rings. The van der Waals surface area contributed by atoms with E-state index in [9.17, 15) is 17.6 Å². The second-order valence-electron chi connectivity index (χ2n) is 10.3. The third kappa shape index (κ3) is 6.42. The maximum atomic E-state index is 14.0. The van der Waals surface area contributed by atoms with E-state index in [1.54, 1.807) is 24.4 Å². The minimum Gasteiger partial charge on any atom is -0.368 e. The van der Waals surface area contributed by atoms with Crippen molar-refractivity contribution in [1.82, 2.24) is 14.5 Å². The molecule has 0 amide bonds. The minimum atomic E-state index is -4.50. The molecule has 1 saturated heterocycles. The van der Waals surface area contributed by atoms with Gasteiger partial charge < -0.3 is 14.2 Å². The molecule has 1 aromatic carbocycles. The van der Waals surface area contributed by atoms with Crippen LogP contribution in [0.3, 0.4) is 0 Å². The minimum absolute atomic E-state index is 0.0406. The number of nitrogens with zero attached hydrogens (tertiary/aromatic N) is 4. The molecule has 1 aliphatic heterocycles. The van der Waals surface area contributed by atoms with E-state index in [-0.39, 0.29) is 23.6 Å². The van der Waals surface area contributed by atoms with Crippen LogP contribution in [0.4, 0.5) is 23.2 Å². The highest BCUT2D eigenvalue weighted by Gasteiger charge is 2.37. The molecule has 0 atom stereocenters. The highest BCUT2D eigenvalue weighted by molar-refractivity contribution is 6.76. The van der Waals surface area contributed by atoms with Gasteiger partial charge in [0.2, 0.25) is 0 Å². The average molecular weight is 509 g/mol. The Bertz CT molecular complexity index is 1130. The predicted octanol–water partition coefficient (Wildman–Crippen LogP) is 5.83. The lowest BCUT2D eigenvalue weighted by Crippen LogP contribution is -2.46. The van der Waals surface area contributed by atoms with Gasteiger partial charge in [0.05, 0.1) is 16.6 Å². The fourth-order valence-electron chi connectivity index (χ4n) is 4.31. The summed E-state index contributed by atoms with van der Waals surface area (Å²) in [6.45, 7) is 10.5. The van der Waals surface area contributed by atoms with Crippen molar-refractivity contribution in [1.29, 1.82) is 0 Å². The largest absolute Gasteiger partial charge is 0.418 e. The molecule has 3 aromatic rings. The summed E-state index contributed by atoms with van der Waals surface area (Å²) in [6.07, 6.45) is -1.80. The number of piperazine rings is 1. The number of ether oxygens (including phenoxy) is 1. The first-order valence-corrected chi connectivity index (χ1v) is 15.6. The van der Waals surface area contributed by atoms with Gasteiger partial charge in [-0.05, 0) is 29.8 Å². The van der Waals surface area contributed by atoms with Crippen molar-refractivity contribution in [2.24, 2.45) is 0 Å². The van der Waals surface area contributed by atoms with Crippen molar-refractivity contribution in [3.8, 4) is 0 Å². The predicted molar refractivity (Wildman–Crippen MR) is 133 cm³/mol. The van der Waals surface area contributed by atoms with Crippen LogP contribution in [0.1, 0.15) is 11.1 Å². The van der Waals surface area contributed by atoms with Gasteiger partial charge in [0.25, 0.3) is 0 Å². The highest BCUT2D eigenvalue weighted by atomic mass is 28.3. The number of hydrogen-bond acceptors (Lipinski definition) is 4. The van der Waals surface area contributed by atoms with Crippen molar-refractivity contribution in [3.63, 3.8) is 0 Å². The quantitative estimate of drug-likeness (QED) is 0.218. The van der Waals surface area contributed by atoms with Crippen LogP contribution in [0.2, 0.25) is 25.7 Å². The van der Waals surface area contributed by atoms with Crippen molar-refractivity contribution in [2.45, 2.75) is 45.1 Å². The first kappa shape index (κ1) is 25.7. The first-order chi connectivity index (χ1) is 16.5. The van der Waals surface area contributed by atoms with Gasteiger partial charge >= 0.3 is 6.18 Å². The molecule has 10 heteroatoms. The van der Waals surface area contributed by atoms with Crippen LogP contribution in [-0.4, -0.2) is 55.3 Å². The second kappa shape index (κ2) is 10.3. The summed E-state index contributed by atoms with van der Waals surface area (Å²) in [5.74, 6) is -0.269. The van der Waals surface area contributed by atoms with Gasteiger partial charge in [-0.1, -0.05) is 31.8 Å². The Balaban J connectivity index is 1.52. The lowest BCUT2D eigenvalue weighted by molar-refractivity contribution is -0.136. The molecular formula is C25H32F4N4OSi. The van der Waals surface area contributed by atoms with Gasteiger partial charge in [-0.25, -0.2) is 9.37 Å². The van der Waals surface area contributed by atoms with Crippen LogP contribution in [0.15, 0.2) is 42.7 Å². The van der Waals surface area contributed by atoms with Crippen LogP contribution in [0, 0.1) is 5.82 Å². The third-order valence-corrected chi connectivity index (χ3v) is 8.00.